The number of anilines is 1. The van der Waals surface area contributed by atoms with Crippen LogP contribution in [0, 0.1) is 6.92 Å². The average molecular weight is 385 g/mol. The summed E-state index contributed by atoms with van der Waals surface area (Å²) in [6, 6.07) is 17.9. The molecule has 4 rings (SSSR count). The van der Waals surface area contributed by atoms with E-state index in [0.29, 0.717) is 24.7 Å². The van der Waals surface area contributed by atoms with Crippen molar-refractivity contribution in [1.82, 2.24) is 20.3 Å². The van der Waals surface area contributed by atoms with Gasteiger partial charge in [-0.15, -0.1) is 0 Å². The molecule has 4 aromatic rings. The lowest BCUT2D eigenvalue weighted by Crippen LogP contribution is -2.24. The van der Waals surface area contributed by atoms with Crippen LogP contribution >= 0.6 is 0 Å². The molecule has 2 aromatic carbocycles. The fourth-order valence-electron chi connectivity index (χ4n) is 3.31. The van der Waals surface area contributed by atoms with Crippen LogP contribution < -0.4 is 10.6 Å². The highest BCUT2D eigenvalue weighted by Gasteiger charge is 2.09. The van der Waals surface area contributed by atoms with Gasteiger partial charge in [-0.3, -0.25) is 4.79 Å². The van der Waals surface area contributed by atoms with Crippen molar-refractivity contribution in [3.63, 3.8) is 0 Å². The first kappa shape index (κ1) is 18.7. The summed E-state index contributed by atoms with van der Waals surface area (Å²) in [6.07, 6.45) is 4.46. The lowest BCUT2D eigenvalue weighted by atomic mass is 10.1. The molecule has 6 nitrogen and oxygen atoms in total. The number of nitrogens with one attached hydrogen (secondary N) is 3. The standard InChI is InChI=1S/C23H23N5O/c1-16-5-4-6-17(13-16)14-27-22(29)21-10-12-25-23(28-21)24-11-9-18-15-26-20-8-3-2-7-19(18)20/h2-8,10,12-13,15,26H,9,11,14H2,1H3,(H,27,29)(H,24,25,28). The summed E-state index contributed by atoms with van der Waals surface area (Å²) >= 11 is 0. The third kappa shape index (κ3) is 4.60. The topological polar surface area (TPSA) is 82.7 Å². The summed E-state index contributed by atoms with van der Waals surface area (Å²) in [7, 11) is 0. The normalized spacial score (nSPS) is 10.8. The van der Waals surface area contributed by atoms with Gasteiger partial charge in [0.05, 0.1) is 0 Å². The lowest BCUT2D eigenvalue weighted by Gasteiger charge is -2.08. The van der Waals surface area contributed by atoms with Gasteiger partial charge in [0.2, 0.25) is 5.95 Å². The predicted octanol–water partition coefficient (Wildman–Crippen LogP) is 3.85. The minimum absolute atomic E-state index is 0.214. The molecule has 146 valence electrons. The summed E-state index contributed by atoms with van der Waals surface area (Å²) in [5.74, 6) is 0.238. The maximum Gasteiger partial charge on any atom is 0.270 e. The molecule has 2 aromatic heterocycles. The first-order valence-corrected chi connectivity index (χ1v) is 9.65. The summed E-state index contributed by atoms with van der Waals surface area (Å²) in [5.41, 5.74) is 4.94. The Labute approximate surface area is 169 Å². The zero-order valence-corrected chi connectivity index (χ0v) is 16.3. The van der Waals surface area contributed by atoms with Crippen LogP contribution in [0.2, 0.25) is 0 Å². The van der Waals surface area contributed by atoms with Crippen molar-refractivity contribution in [3.8, 4) is 0 Å². The van der Waals surface area contributed by atoms with Crippen molar-refractivity contribution < 1.29 is 4.79 Å². The number of carbonyl (C=O) groups is 1. The molecular weight excluding hydrogens is 362 g/mol. The zero-order valence-electron chi connectivity index (χ0n) is 16.3. The minimum Gasteiger partial charge on any atom is -0.361 e. The van der Waals surface area contributed by atoms with E-state index in [4.69, 9.17) is 0 Å². The molecule has 0 fully saturated rings. The van der Waals surface area contributed by atoms with E-state index in [1.54, 1.807) is 12.3 Å². The molecule has 3 N–H and O–H groups in total. The largest absolute Gasteiger partial charge is 0.361 e. The van der Waals surface area contributed by atoms with Crippen molar-refractivity contribution in [3.05, 3.63) is 89.4 Å². The molecule has 0 spiro atoms. The van der Waals surface area contributed by atoms with Gasteiger partial charge in [-0.25, -0.2) is 9.97 Å². The van der Waals surface area contributed by atoms with Gasteiger partial charge < -0.3 is 15.6 Å². The Morgan fingerprint density at radius 1 is 1.10 bits per heavy atom. The Hall–Kier alpha value is -3.67. The number of aromatic amines is 1. The number of aryl methyl sites for hydroxylation is 1. The fraction of sp³-hybridized carbons (Fsp3) is 0.174. The second-order valence-corrected chi connectivity index (χ2v) is 6.97. The van der Waals surface area contributed by atoms with E-state index in [0.717, 1.165) is 17.5 Å². The van der Waals surface area contributed by atoms with E-state index < -0.39 is 0 Å². The van der Waals surface area contributed by atoms with Crippen LogP contribution in [-0.4, -0.2) is 27.4 Å². The second kappa shape index (κ2) is 8.56. The zero-order chi connectivity index (χ0) is 20.1. The van der Waals surface area contributed by atoms with Gasteiger partial charge in [-0.05, 0) is 36.6 Å². The highest BCUT2D eigenvalue weighted by Crippen LogP contribution is 2.18. The third-order valence-corrected chi connectivity index (χ3v) is 4.78. The smallest absolute Gasteiger partial charge is 0.270 e. The average Bonchev–Trinajstić information content (AvgIpc) is 3.15. The summed E-state index contributed by atoms with van der Waals surface area (Å²) in [5, 5.41) is 7.34. The molecule has 0 unspecified atom stereocenters. The van der Waals surface area contributed by atoms with Gasteiger partial charge in [0, 0.05) is 36.4 Å². The van der Waals surface area contributed by atoms with Gasteiger partial charge in [0.15, 0.2) is 0 Å². The number of amides is 1. The van der Waals surface area contributed by atoms with Crippen LogP contribution in [0.3, 0.4) is 0 Å². The van der Waals surface area contributed by atoms with Crippen molar-refractivity contribution in [2.45, 2.75) is 19.9 Å². The van der Waals surface area contributed by atoms with Gasteiger partial charge in [0.25, 0.3) is 5.91 Å². The molecule has 29 heavy (non-hydrogen) atoms. The maximum absolute atomic E-state index is 12.4. The molecule has 6 heteroatoms. The number of hydrogen-bond acceptors (Lipinski definition) is 4. The van der Waals surface area contributed by atoms with E-state index in [9.17, 15) is 4.79 Å². The molecule has 0 atom stereocenters. The van der Waals surface area contributed by atoms with Crippen LogP contribution in [-0.2, 0) is 13.0 Å². The Bertz CT molecular complexity index is 1130. The Kier molecular flexibility index (Phi) is 5.52. The van der Waals surface area contributed by atoms with Crippen molar-refractivity contribution in [2.75, 3.05) is 11.9 Å². The molecule has 0 aliphatic heterocycles. The number of benzene rings is 2. The Morgan fingerprint density at radius 3 is 2.90 bits per heavy atom. The molecule has 0 aliphatic rings. The van der Waals surface area contributed by atoms with Crippen LogP contribution in [0.1, 0.15) is 27.2 Å². The van der Waals surface area contributed by atoms with Gasteiger partial charge in [0.1, 0.15) is 5.69 Å². The quantitative estimate of drug-likeness (QED) is 0.451. The number of nitrogens with zero attached hydrogens (tertiary/aromatic N) is 2. The van der Waals surface area contributed by atoms with Gasteiger partial charge >= 0.3 is 0 Å². The lowest BCUT2D eigenvalue weighted by molar-refractivity contribution is 0.0946. The number of H-pyrrole nitrogens is 1. The van der Waals surface area contributed by atoms with E-state index in [1.165, 1.54) is 16.5 Å². The Morgan fingerprint density at radius 2 is 2.00 bits per heavy atom. The SMILES string of the molecule is Cc1cccc(CNC(=O)c2ccnc(NCCc3c[nH]c4ccccc34)n2)c1. The fourth-order valence-corrected chi connectivity index (χ4v) is 3.31. The minimum atomic E-state index is -0.214. The molecule has 0 saturated carbocycles. The molecule has 0 bridgehead atoms. The number of aromatic nitrogens is 3. The number of fused-ring (bicyclic) bond motifs is 1. The molecular formula is C23H23N5O. The van der Waals surface area contributed by atoms with E-state index >= 15 is 0 Å². The first-order valence-electron chi connectivity index (χ1n) is 9.65. The monoisotopic (exact) mass is 385 g/mol. The van der Waals surface area contributed by atoms with Gasteiger partial charge in [-0.2, -0.15) is 0 Å². The maximum atomic E-state index is 12.4. The third-order valence-electron chi connectivity index (χ3n) is 4.78. The number of carbonyl (C=O) groups excluding carboxylic acids is 1. The number of para-hydroxylation sites is 1. The molecule has 0 aliphatic carbocycles. The molecule has 2 heterocycles. The summed E-state index contributed by atoms with van der Waals surface area (Å²) in [4.78, 5) is 24.3. The van der Waals surface area contributed by atoms with Crippen molar-refractivity contribution >= 4 is 22.8 Å². The van der Waals surface area contributed by atoms with Crippen LogP contribution in [0.25, 0.3) is 10.9 Å². The second-order valence-electron chi connectivity index (χ2n) is 6.97. The Balaban J connectivity index is 1.33. The van der Waals surface area contributed by atoms with Gasteiger partial charge in [-0.1, -0.05) is 48.0 Å². The molecule has 0 saturated heterocycles. The molecule has 0 radical (unpaired) electrons. The summed E-state index contributed by atoms with van der Waals surface area (Å²) in [6.45, 7) is 3.17. The highest BCUT2D eigenvalue weighted by atomic mass is 16.1. The highest BCUT2D eigenvalue weighted by molar-refractivity contribution is 5.92. The number of hydrogen-bond donors (Lipinski definition) is 3. The predicted molar refractivity (Wildman–Crippen MR) is 115 cm³/mol. The van der Waals surface area contributed by atoms with E-state index in [2.05, 4.69) is 43.8 Å². The summed E-state index contributed by atoms with van der Waals surface area (Å²) < 4.78 is 0. The van der Waals surface area contributed by atoms with E-state index in [1.807, 2.05) is 43.5 Å². The van der Waals surface area contributed by atoms with E-state index in [-0.39, 0.29) is 5.91 Å². The van der Waals surface area contributed by atoms with Crippen LogP contribution in [0.4, 0.5) is 5.95 Å². The first-order chi connectivity index (χ1) is 14.2. The van der Waals surface area contributed by atoms with Crippen molar-refractivity contribution in [2.24, 2.45) is 0 Å². The van der Waals surface area contributed by atoms with Crippen molar-refractivity contribution in [1.29, 1.82) is 0 Å². The van der Waals surface area contributed by atoms with Crippen LogP contribution in [0.5, 0.6) is 0 Å². The number of rotatable bonds is 7. The molecule has 1 amide bonds. The van der Waals surface area contributed by atoms with Crippen LogP contribution in [0.15, 0.2) is 67.0 Å².